The number of ether oxygens (including phenoxy) is 1. The van der Waals surface area contributed by atoms with Crippen LogP contribution in [0.1, 0.15) is 35.6 Å². The molecular weight excluding hydrogens is 292 g/mol. The van der Waals surface area contributed by atoms with Crippen LogP contribution in [0.3, 0.4) is 0 Å². The van der Waals surface area contributed by atoms with E-state index in [-0.39, 0.29) is 12.0 Å². The summed E-state index contributed by atoms with van der Waals surface area (Å²) in [6.45, 7) is 5.51. The summed E-state index contributed by atoms with van der Waals surface area (Å²) in [7, 11) is 1.89. The number of benzene rings is 1. The highest BCUT2D eigenvalue weighted by Crippen LogP contribution is 2.26. The Morgan fingerprint density at radius 1 is 1.39 bits per heavy atom. The van der Waals surface area contributed by atoms with Gasteiger partial charge in [0.1, 0.15) is 5.75 Å². The van der Waals surface area contributed by atoms with E-state index >= 15 is 0 Å². The Balaban J connectivity index is 1.86. The van der Waals surface area contributed by atoms with Gasteiger partial charge in [-0.1, -0.05) is 12.1 Å². The van der Waals surface area contributed by atoms with Gasteiger partial charge in [0, 0.05) is 37.8 Å². The lowest BCUT2D eigenvalue weighted by Crippen LogP contribution is -2.26. The molecule has 0 atom stereocenters. The molecule has 0 unspecified atom stereocenters. The van der Waals surface area contributed by atoms with E-state index in [0.717, 1.165) is 24.2 Å². The molecule has 2 heterocycles. The highest BCUT2D eigenvalue weighted by molar-refractivity contribution is 6.04. The molecule has 6 nitrogen and oxygen atoms in total. The summed E-state index contributed by atoms with van der Waals surface area (Å²) in [6, 6.07) is 7.45. The predicted molar refractivity (Wildman–Crippen MR) is 88.8 cm³/mol. The van der Waals surface area contributed by atoms with Crippen molar-refractivity contribution in [1.29, 1.82) is 0 Å². The molecule has 6 heteroatoms. The van der Waals surface area contributed by atoms with Crippen LogP contribution in [-0.4, -0.2) is 28.3 Å². The predicted octanol–water partition coefficient (Wildman–Crippen LogP) is 2.11. The highest BCUT2D eigenvalue weighted by atomic mass is 16.5. The maximum atomic E-state index is 12.7. The number of aryl methyl sites for hydroxylation is 1. The number of fused-ring (bicyclic) bond motifs is 1. The van der Waals surface area contributed by atoms with E-state index in [2.05, 4.69) is 15.7 Å². The lowest BCUT2D eigenvalue weighted by molar-refractivity contribution is 0.101. The second-order valence-electron chi connectivity index (χ2n) is 5.94. The molecule has 1 aromatic carbocycles. The first kappa shape index (κ1) is 15.6. The molecular formula is C17H22N4O2. The summed E-state index contributed by atoms with van der Waals surface area (Å²) < 4.78 is 7.55. The average molecular weight is 314 g/mol. The van der Waals surface area contributed by atoms with Gasteiger partial charge in [-0.15, -0.1) is 0 Å². The van der Waals surface area contributed by atoms with Gasteiger partial charge in [-0.2, -0.15) is 5.10 Å². The third kappa shape index (κ3) is 3.22. The van der Waals surface area contributed by atoms with Gasteiger partial charge in [0.15, 0.2) is 5.69 Å². The van der Waals surface area contributed by atoms with Crippen molar-refractivity contribution in [2.45, 2.75) is 32.9 Å². The first-order valence-corrected chi connectivity index (χ1v) is 7.88. The molecule has 1 aliphatic heterocycles. The zero-order valence-corrected chi connectivity index (χ0v) is 13.7. The first-order chi connectivity index (χ1) is 11.1. The van der Waals surface area contributed by atoms with Gasteiger partial charge < -0.3 is 15.4 Å². The largest absolute Gasteiger partial charge is 0.489 e. The number of nitrogens with one attached hydrogen (secondary N) is 2. The standard InChI is InChI=1S/C17H22N4O2/c1-11(2)23-15-7-5-4-6-13(15)19-17(22)16-12-10-18-9-8-14(12)21(3)20-16/h4-7,11,18H,8-10H2,1-3H3,(H,19,22). The molecule has 122 valence electrons. The van der Waals surface area contributed by atoms with Crippen molar-refractivity contribution in [3.05, 3.63) is 41.2 Å². The third-order valence-corrected chi connectivity index (χ3v) is 3.83. The minimum absolute atomic E-state index is 0.0415. The van der Waals surface area contributed by atoms with Crippen LogP contribution in [0.15, 0.2) is 24.3 Å². The number of anilines is 1. The molecule has 0 spiro atoms. The Morgan fingerprint density at radius 2 is 2.17 bits per heavy atom. The lowest BCUT2D eigenvalue weighted by Gasteiger charge is -2.16. The van der Waals surface area contributed by atoms with E-state index in [4.69, 9.17) is 4.74 Å². The van der Waals surface area contributed by atoms with Crippen LogP contribution in [0.4, 0.5) is 5.69 Å². The molecule has 0 fully saturated rings. The maximum absolute atomic E-state index is 12.7. The second kappa shape index (κ2) is 6.42. The molecule has 1 aromatic heterocycles. The van der Waals surface area contributed by atoms with Crippen molar-refractivity contribution >= 4 is 11.6 Å². The number of aromatic nitrogens is 2. The van der Waals surface area contributed by atoms with Gasteiger partial charge in [-0.05, 0) is 26.0 Å². The van der Waals surface area contributed by atoms with E-state index in [1.54, 1.807) is 0 Å². The molecule has 0 bridgehead atoms. The number of rotatable bonds is 4. The van der Waals surface area contributed by atoms with Gasteiger partial charge in [0.2, 0.25) is 0 Å². The number of hydrogen-bond acceptors (Lipinski definition) is 4. The van der Waals surface area contributed by atoms with Crippen LogP contribution in [0, 0.1) is 0 Å². The normalized spacial score (nSPS) is 13.7. The van der Waals surface area contributed by atoms with Gasteiger partial charge in [0.25, 0.3) is 5.91 Å². The van der Waals surface area contributed by atoms with Crippen LogP contribution in [0.25, 0.3) is 0 Å². The van der Waals surface area contributed by atoms with E-state index in [0.29, 0.717) is 23.7 Å². The fraction of sp³-hybridized carbons (Fsp3) is 0.412. The first-order valence-electron chi connectivity index (χ1n) is 7.88. The van der Waals surface area contributed by atoms with E-state index in [9.17, 15) is 4.79 Å². The fourth-order valence-corrected chi connectivity index (χ4v) is 2.81. The van der Waals surface area contributed by atoms with E-state index < -0.39 is 0 Å². The Bertz CT molecular complexity index is 721. The Kier molecular flexibility index (Phi) is 4.34. The highest BCUT2D eigenvalue weighted by Gasteiger charge is 2.24. The monoisotopic (exact) mass is 314 g/mol. The summed E-state index contributed by atoms with van der Waals surface area (Å²) in [6.07, 6.45) is 0.930. The molecule has 0 saturated carbocycles. The van der Waals surface area contributed by atoms with Gasteiger partial charge in [-0.25, -0.2) is 0 Å². The van der Waals surface area contributed by atoms with Crippen LogP contribution in [0.2, 0.25) is 0 Å². The van der Waals surface area contributed by atoms with Crippen molar-refractivity contribution in [3.63, 3.8) is 0 Å². The molecule has 0 saturated heterocycles. The van der Waals surface area contributed by atoms with Crippen LogP contribution >= 0.6 is 0 Å². The van der Waals surface area contributed by atoms with Crippen molar-refractivity contribution in [3.8, 4) is 5.75 Å². The third-order valence-electron chi connectivity index (χ3n) is 3.83. The minimum atomic E-state index is -0.203. The van der Waals surface area contributed by atoms with Crippen LogP contribution in [-0.2, 0) is 20.0 Å². The summed E-state index contributed by atoms with van der Waals surface area (Å²) in [5, 5.41) is 10.6. The molecule has 0 radical (unpaired) electrons. The molecule has 2 N–H and O–H groups in total. The molecule has 23 heavy (non-hydrogen) atoms. The Hall–Kier alpha value is -2.34. The van der Waals surface area contributed by atoms with Crippen LogP contribution < -0.4 is 15.4 Å². The molecule has 1 amide bonds. The quantitative estimate of drug-likeness (QED) is 0.907. The number of hydrogen-bond donors (Lipinski definition) is 2. The van der Waals surface area contributed by atoms with Gasteiger partial charge in [-0.3, -0.25) is 9.48 Å². The maximum Gasteiger partial charge on any atom is 0.276 e. The summed E-state index contributed by atoms with van der Waals surface area (Å²) in [5.74, 6) is 0.462. The number of amides is 1. The molecule has 2 aromatic rings. The van der Waals surface area contributed by atoms with E-state index in [1.807, 2.05) is 49.8 Å². The minimum Gasteiger partial charge on any atom is -0.489 e. The zero-order chi connectivity index (χ0) is 16.4. The summed E-state index contributed by atoms with van der Waals surface area (Å²) >= 11 is 0. The second-order valence-corrected chi connectivity index (χ2v) is 5.94. The smallest absolute Gasteiger partial charge is 0.276 e. The topological polar surface area (TPSA) is 68.2 Å². The van der Waals surface area contributed by atoms with E-state index in [1.165, 1.54) is 0 Å². The molecule has 0 aliphatic carbocycles. The SMILES string of the molecule is CC(C)Oc1ccccc1NC(=O)c1nn(C)c2c1CNCC2. The van der Waals surface area contributed by atoms with Crippen molar-refractivity contribution < 1.29 is 9.53 Å². The van der Waals surface area contributed by atoms with Crippen LogP contribution in [0.5, 0.6) is 5.75 Å². The molecule has 3 rings (SSSR count). The number of para-hydroxylation sites is 2. The number of nitrogens with zero attached hydrogens (tertiary/aromatic N) is 2. The Morgan fingerprint density at radius 3 is 2.96 bits per heavy atom. The Labute approximate surface area is 135 Å². The summed E-state index contributed by atoms with van der Waals surface area (Å²) in [4.78, 5) is 12.7. The lowest BCUT2D eigenvalue weighted by atomic mass is 10.1. The van der Waals surface area contributed by atoms with Gasteiger partial charge >= 0.3 is 0 Å². The molecule has 1 aliphatic rings. The average Bonchev–Trinajstić information content (AvgIpc) is 2.86. The number of carbonyl (C=O) groups is 1. The zero-order valence-electron chi connectivity index (χ0n) is 13.7. The number of carbonyl (C=O) groups excluding carboxylic acids is 1. The fourth-order valence-electron chi connectivity index (χ4n) is 2.81. The summed E-state index contributed by atoms with van der Waals surface area (Å²) in [5.41, 5.74) is 3.25. The van der Waals surface area contributed by atoms with Crippen molar-refractivity contribution in [2.75, 3.05) is 11.9 Å². The van der Waals surface area contributed by atoms with Crippen molar-refractivity contribution in [2.24, 2.45) is 7.05 Å². The van der Waals surface area contributed by atoms with Gasteiger partial charge in [0.05, 0.1) is 11.8 Å². The van der Waals surface area contributed by atoms with Crippen molar-refractivity contribution in [1.82, 2.24) is 15.1 Å².